The van der Waals surface area contributed by atoms with E-state index in [1.165, 1.54) is 0 Å². The normalized spacial score (nSPS) is 16.8. The predicted molar refractivity (Wildman–Crippen MR) is 81.4 cm³/mol. The fourth-order valence-corrected chi connectivity index (χ4v) is 2.90. The monoisotopic (exact) mass is 291 g/mol. The summed E-state index contributed by atoms with van der Waals surface area (Å²) >= 11 is 6.02. The van der Waals surface area contributed by atoms with Crippen molar-refractivity contribution in [2.24, 2.45) is 0 Å². The first-order valence-corrected chi connectivity index (χ1v) is 7.42. The second-order valence-electron chi connectivity index (χ2n) is 5.00. The van der Waals surface area contributed by atoms with E-state index in [9.17, 15) is 0 Å². The number of anilines is 1. The number of aromatic nitrogens is 2. The fraction of sp³-hybridized carbons (Fsp3) is 0.467. The van der Waals surface area contributed by atoms with Crippen LogP contribution in [0.15, 0.2) is 24.5 Å². The minimum absolute atomic E-state index is 0.388. The van der Waals surface area contributed by atoms with Crippen molar-refractivity contribution in [1.82, 2.24) is 9.97 Å². The molecule has 0 saturated carbocycles. The van der Waals surface area contributed by atoms with Crippen LogP contribution in [0.2, 0.25) is 5.02 Å². The summed E-state index contributed by atoms with van der Waals surface area (Å²) in [5.74, 6) is 1.00. The van der Waals surface area contributed by atoms with Gasteiger partial charge in [-0.1, -0.05) is 11.6 Å². The molecule has 4 nitrogen and oxygen atoms in total. The molecule has 1 aromatic heterocycles. The van der Waals surface area contributed by atoms with Gasteiger partial charge >= 0.3 is 0 Å². The van der Waals surface area contributed by atoms with Crippen LogP contribution in [0.4, 0.5) is 5.82 Å². The maximum absolute atomic E-state index is 6.02. The average Bonchev–Trinajstić information content (AvgIpc) is 2.47. The van der Waals surface area contributed by atoms with Crippen LogP contribution in [0.3, 0.4) is 0 Å². The van der Waals surface area contributed by atoms with Crippen LogP contribution in [-0.4, -0.2) is 35.8 Å². The lowest BCUT2D eigenvalue weighted by atomic mass is 10.1. The first-order valence-electron chi connectivity index (χ1n) is 7.04. The molecule has 106 valence electrons. The van der Waals surface area contributed by atoms with Gasteiger partial charge in [-0.15, -0.1) is 0 Å². The zero-order chi connectivity index (χ0) is 13.9. The number of fused-ring (bicyclic) bond motifs is 1. The average molecular weight is 292 g/mol. The van der Waals surface area contributed by atoms with E-state index in [-0.39, 0.29) is 0 Å². The Hall–Kier alpha value is -1.39. The van der Waals surface area contributed by atoms with Crippen molar-refractivity contribution in [3.63, 3.8) is 0 Å². The van der Waals surface area contributed by atoms with Gasteiger partial charge in [-0.05, 0) is 38.0 Å². The third-order valence-electron chi connectivity index (χ3n) is 3.72. The van der Waals surface area contributed by atoms with Crippen molar-refractivity contribution in [2.45, 2.75) is 25.9 Å². The van der Waals surface area contributed by atoms with Crippen molar-refractivity contribution in [2.75, 3.05) is 24.6 Å². The molecule has 1 saturated heterocycles. The van der Waals surface area contributed by atoms with E-state index in [1.54, 1.807) is 6.33 Å². The summed E-state index contributed by atoms with van der Waals surface area (Å²) in [5, 5.41) is 1.77. The van der Waals surface area contributed by atoms with Gasteiger partial charge in [0.1, 0.15) is 12.1 Å². The summed E-state index contributed by atoms with van der Waals surface area (Å²) in [7, 11) is 0. The first-order chi connectivity index (χ1) is 9.78. The molecule has 0 N–H and O–H groups in total. The number of rotatable bonds is 3. The summed E-state index contributed by atoms with van der Waals surface area (Å²) in [6, 6.07) is 5.78. The molecule has 2 aromatic rings. The van der Waals surface area contributed by atoms with E-state index in [1.807, 2.05) is 25.1 Å². The van der Waals surface area contributed by atoms with E-state index in [2.05, 4.69) is 14.9 Å². The Morgan fingerprint density at radius 1 is 1.30 bits per heavy atom. The lowest BCUT2D eigenvalue weighted by Gasteiger charge is -2.33. The van der Waals surface area contributed by atoms with Crippen LogP contribution in [0.5, 0.6) is 0 Å². The predicted octanol–water partition coefficient (Wildman–Crippen LogP) is 3.29. The van der Waals surface area contributed by atoms with Gasteiger partial charge in [-0.3, -0.25) is 0 Å². The highest BCUT2D eigenvalue weighted by Crippen LogP contribution is 2.27. The van der Waals surface area contributed by atoms with Crippen LogP contribution in [0.25, 0.3) is 10.9 Å². The van der Waals surface area contributed by atoms with Crippen LogP contribution >= 0.6 is 11.6 Å². The molecule has 20 heavy (non-hydrogen) atoms. The maximum atomic E-state index is 6.02. The zero-order valence-corrected chi connectivity index (χ0v) is 12.3. The molecule has 0 unspecified atom stereocenters. The third kappa shape index (κ3) is 2.72. The molecule has 5 heteroatoms. The van der Waals surface area contributed by atoms with Gasteiger partial charge in [0.05, 0.1) is 11.6 Å². The van der Waals surface area contributed by atoms with Gasteiger partial charge in [0.15, 0.2) is 0 Å². The second-order valence-corrected chi connectivity index (χ2v) is 5.44. The van der Waals surface area contributed by atoms with E-state index < -0.39 is 0 Å². The number of hydrogen-bond donors (Lipinski definition) is 0. The van der Waals surface area contributed by atoms with E-state index in [0.29, 0.717) is 11.1 Å². The Morgan fingerprint density at radius 2 is 2.10 bits per heavy atom. The van der Waals surface area contributed by atoms with Crippen molar-refractivity contribution < 1.29 is 4.74 Å². The molecular formula is C15H18ClN3O. The largest absolute Gasteiger partial charge is 0.378 e. The highest BCUT2D eigenvalue weighted by atomic mass is 35.5. The topological polar surface area (TPSA) is 38.2 Å². The molecule has 1 aromatic carbocycles. The van der Waals surface area contributed by atoms with Crippen molar-refractivity contribution in [3.8, 4) is 0 Å². The van der Waals surface area contributed by atoms with Gasteiger partial charge < -0.3 is 9.64 Å². The smallest absolute Gasteiger partial charge is 0.139 e. The Kier molecular flexibility index (Phi) is 4.03. The number of halogens is 1. The molecule has 0 bridgehead atoms. The van der Waals surface area contributed by atoms with E-state index in [4.69, 9.17) is 16.3 Å². The number of benzene rings is 1. The fourth-order valence-electron chi connectivity index (χ4n) is 2.74. The molecule has 1 aliphatic heterocycles. The highest BCUT2D eigenvalue weighted by molar-refractivity contribution is 6.31. The quantitative estimate of drug-likeness (QED) is 0.870. The number of piperidine rings is 1. The molecule has 3 rings (SSSR count). The molecule has 0 aliphatic carbocycles. The maximum Gasteiger partial charge on any atom is 0.139 e. The first kappa shape index (κ1) is 13.6. The lowest BCUT2D eigenvalue weighted by Crippen LogP contribution is -2.37. The standard InChI is InChI=1S/C15H18ClN3O/c1-2-20-12-5-7-19(8-6-12)15-13-4-3-11(16)9-14(13)17-10-18-15/h3-4,9-10,12H,2,5-8H2,1H3. The molecule has 1 fully saturated rings. The minimum Gasteiger partial charge on any atom is -0.378 e. The van der Waals surface area contributed by atoms with Crippen molar-refractivity contribution >= 4 is 28.3 Å². The van der Waals surface area contributed by atoms with Crippen molar-refractivity contribution in [3.05, 3.63) is 29.5 Å². The van der Waals surface area contributed by atoms with Crippen LogP contribution in [-0.2, 0) is 4.74 Å². The van der Waals surface area contributed by atoms with Gasteiger partial charge in [0, 0.05) is 30.1 Å². The lowest BCUT2D eigenvalue weighted by molar-refractivity contribution is 0.0459. The third-order valence-corrected chi connectivity index (χ3v) is 3.96. The summed E-state index contributed by atoms with van der Waals surface area (Å²) in [5.41, 5.74) is 0.898. The Morgan fingerprint density at radius 3 is 2.85 bits per heavy atom. The second kappa shape index (κ2) is 5.94. The molecule has 0 amide bonds. The minimum atomic E-state index is 0.388. The van der Waals surface area contributed by atoms with Gasteiger partial charge in [0.25, 0.3) is 0 Å². The molecule has 0 spiro atoms. The summed E-state index contributed by atoms with van der Waals surface area (Å²) < 4.78 is 5.69. The SMILES string of the molecule is CCOC1CCN(c2ncnc3cc(Cl)ccc23)CC1. The molecule has 2 heterocycles. The molecular weight excluding hydrogens is 274 g/mol. The van der Waals surface area contributed by atoms with E-state index in [0.717, 1.165) is 49.3 Å². The Bertz CT molecular complexity index is 597. The summed E-state index contributed by atoms with van der Waals surface area (Å²) in [6.07, 6.45) is 4.10. The van der Waals surface area contributed by atoms with E-state index >= 15 is 0 Å². The van der Waals surface area contributed by atoms with Crippen LogP contribution in [0.1, 0.15) is 19.8 Å². The number of hydrogen-bond acceptors (Lipinski definition) is 4. The Balaban J connectivity index is 1.84. The zero-order valence-electron chi connectivity index (χ0n) is 11.6. The highest BCUT2D eigenvalue weighted by Gasteiger charge is 2.21. The number of ether oxygens (including phenoxy) is 1. The number of nitrogens with zero attached hydrogens (tertiary/aromatic N) is 3. The Labute approximate surface area is 123 Å². The van der Waals surface area contributed by atoms with Crippen molar-refractivity contribution in [1.29, 1.82) is 0 Å². The molecule has 1 aliphatic rings. The molecule has 0 radical (unpaired) electrons. The van der Waals surface area contributed by atoms with Gasteiger partial charge in [-0.25, -0.2) is 9.97 Å². The van der Waals surface area contributed by atoms with Gasteiger partial charge in [-0.2, -0.15) is 0 Å². The summed E-state index contributed by atoms with van der Waals surface area (Å²) in [4.78, 5) is 11.1. The van der Waals surface area contributed by atoms with Gasteiger partial charge in [0.2, 0.25) is 0 Å². The molecule has 0 atom stereocenters. The van der Waals surface area contributed by atoms with Crippen LogP contribution in [0, 0.1) is 0 Å². The van der Waals surface area contributed by atoms with Crippen LogP contribution < -0.4 is 4.90 Å². The summed E-state index contributed by atoms with van der Waals surface area (Å²) in [6.45, 7) is 4.78.